The predicted octanol–water partition coefficient (Wildman–Crippen LogP) is 2.56. The van der Waals surface area contributed by atoms with Gasteiger partial charge in [-0.15, -0.1) is 0 Å². The van der Waals surface area contributed by atoms with Gasteiger partial charge in [0, 0.05) is 18.8 Å². The van der Waals surface area contributed by atoms with Crippen molar-refractivity contribution in [1.82, 2.24) is 9.47 Å². The molecule has 9 heteroatoms. The number of hydrogen-bond acceptors (Lipinski definition) is 4. The van der Waals surface area contributed by atoms with Crippen LogP contribution in [0.1, 0.15) is 12.5 Å². The van der Waals surface area contributed by atoms with Crippen molar-refractivity contribution in [1.29, 1.82) is 0 Å². The molecule has 1 aromatic carbocycles. The molecule has 0 saturated carbocycles. The second-order valence-electron chi connectivity index (χ2n) is 6.31. The third kappa shape index (κ3) is 4.47. The summed E-state index contributed by atoms with van der Waals surface area (Å²) in [6.07, 6.45) is -4.36. The predicted molar refractivity (Wildman–Crippen MR) is 94.3 cm³/mol. The maximum Gasteiger partial charge on any atom is 0.417 e. The lowest BCUT2D eigenvalue weighted by Gasteiger charge is -2.31. The number of fused-ring (bicyclic) bond motifs is 1. The Bertz CT molecular complexity index is 911. The second-order valence-corrected chi connectivity index (χ2v) is 6.31. The summed E-state index contributed by atoms with van der Waals surface area (Å²) < 4.78 is 50.7. The zero-order valence-electron chi connectivity index (χ0n) is 15.1. The summed E-state index contributed by atoms with van der Waals surface area (Å²) in [4.78, 5) is 25.8. The standard InChI is InChI=1S/C19H19F3N2O4/c1-2-23(10-14-12-27-15-5-3-4-6-16(15)28-14)18(26)11-24-9-13(19(20,21)22)7-8-17(24)25/h3-9,14H,2,10-12H2,1H3/t14-/m1/s1. The van der Waals surface area contributed by atoms with Gasteiger partial charge in [-0.2, -0.15) is 13.2 Å². The van der Waals surface area contributed by atoms with Crippen LogP contribution in [-0.4, -0.2) is 41.2 Å². The van der Waals surface area contributed by atoms with E-state index < -0.39 is 35.9 Å². The van der Waals surface area contributed by atoms with Gasteiger partial charge in [0.2, 0.25) is 5.91 Å². The van der Waals surface area contributed by atoms with Crippen molar-refractivity contribution in [3.05, 3.63) is 58.5 Å². The normalized spacial score (nSPS) is 15.9. The third-order valence-electron chi connectivity index (χ3n) is 4.34. The molecule has 0 fully saturated rings. The van der Waals surface area contributed by atoms with Gasteiger partial charge in [-0.25, -0.2) is 0 Å². The molecule has 1 aliphatic rings. The number of pyridine rings is 1. The van der Waals surface area contributed by atoms with Crippen LogP contribution in [0.2, 0.25) is 0 Å². The molecular formula is C19H19F3N2O4. The zero-order valence-corrected chi connectivity index (χ0v) is 15.1. The number of benzene rings is 1. The SMILES string of the molecule is CCN(C[C@@H]1COc2ccccc2O1)C(=O)Cn1cc(C(F)(F)F)ccc1=O. The number of alkyl halides is 3. The first kappa shape index (κ1) is 19.8. The van der Waals surface area contributed by atoms with Gasteiger partial charge in [-0.05, 0) is 25.1 Å². The van der Waals surface area contributed by atoms with Gasteiger partial charge in [-0.3, -0.25) is 9.59 Å². The number of halogens is 3. The summed E-state index contributed by atoms with van der Waals surface area (Å²) in [5.74, 6) is 0.700. The van der Waals surface area contributed by atoms with Crippen LogP contribution >= 0.6 is 0 Å². The molecule has 0 N–H and O–H groups in total. The Morgan fingerprint density at radius 2 is 1.93 bits per heavy atom. The Hall–Kier alpha value is -2.97. The van der Waals surface area contributed by atoms with Crippen LogP contribution in [-0.2, 0) is 17.5 Å². The van der Waals surface area contributed by atoms with Crippen LogP contribution in [0.4, 0.5) is 13.2 Å². The first-order chi connectivity index (χ1) is 13.3. The first-order valence-electron chi connectivity index (χ1n) is 8.72. The number of amides is 1. The van der Waals surface area contributed by atoms with Gasteiger partial charge in [0.25, 0.3) is 5.56 Å². The molecule has 0 bridgehead atoms. The fraction of sp³-hybridized carbons (Fsp3) is 0.368. The van der Waals surface area contributed by atoms with Crippen molar-refractivity contribution in [2.24, 2.45) is 0 Å². The highest BCUT2D eigenvalue weighted by atomic mass is 19.4. The molecule has 6 nitrogen and oxygen atoms in total. The summed E-state index contributed by atoms with van der Waals surface area (Å²) in [7, 11) is 0. The van der Waals surface area contributed by atoms with E-state index >= 15 is 0 Å². The number of ether oxygens (including phenoxy) is 2. The van der Waals surface area contributed by atoms with Crippen LogP contribution in [0.25, 0.3) is 0 Å². The summed E-state index contributed by atoms with van der Waals surface area (Å²) in [5, 5.41) is 0. The number of carbonyl (C=O) groups is 1. The average Bonchev–Trinajstić information content (AvgIpc) is 2.66. The number of nitrogens with zero attached hydrogens (tertiary/aromatic N) is 2. The van der Waals surface area contributed by atoms with Crippen LogP contribution in [0.15, 0.2) is 47.4 Å². The number of carbonyl (C=O) groups excluding carboxylic acids is 1. The highest BCUT2D eigenvalue weighted by molar-refractivity contribution is 5.76. The van der Waals surface area contributed by atoms with Crippen molar-refractivity contribution in [3.63, 3.8) is 0 Å². The number of likely N-dealkylation sites (N-methyl/N-ethyl adjacent to an activating group) is 1. The van der Waals surface area contributed by atoms with Gasteiger partial charge >= 0.3 is 6.18 Å². The molecule has 0 aliphatic carbocycles. The molecule has 1 amide bonds. The number of rotatable bonds is 5. The van der Waals surface area contributed by atoms with Crippen LogP contribution in [0.3, 0.4) is 0 Å². The average molecular weight is 396 g/mol. The summed E-state index contributed by atoms with van der Waals surface area (Å²) in [6.45, 7) is 2.00. The van der Waals surface area contributed by atoms with E-state index in [4.69, 9.17) is 9.47 Å². The van der Waals surface area contributed by atoms with E-state index in [-0.39, 0.29) is 13.2 Å². The zero-order chi connectivity index (χ0) is 20.3. The minimum absolute atomic E-state index is 0.192. The highest BCUT2D eigenvalue weighted by Gasteiger charge is 2.31. The van der Waals surface area contributed by atoms with Gasteiger partial charge < -0.3 is 18.9 Å². The van der Waals surface area contributed by atoms with E-state index in [1.54, 1.807) is 25.1 Å². The molecule has 1 aliphatic heterocycles. The minimum atomic E-state index is -4.59. The topological polar surface area (TPSA) is 60.8 Å². The van der Waals surface area contributed by atoms with Crippen LogP contribution < -0.4 is 15.0 Å². The molecule has 0 unspecified atom stereocenters. The minimum Gasteiger partial charge on any atom is -0.486 e. The molecule has 28 heavy (non-hydrogen) atoms. The molecule has 0 radical (unpaired) electrons. The van der Waals surface area contributed by atoms with Crippen LogP contribution in [0, 0.1) is 0 Å². The molecule has 3 rings (SSSR count). The van der Waals surface area contributed by atoms with E-state index in [1.807, 2.05) is 6.07 Å². The number of aromatic nitrogens is 1. The Labute approximate surface area is 159 Å². The Morgan fingerprint density at radius 3 is 2.61 bits per heavy atom. The molecule has 2 heterocycles. The van der Waals surface area contributed by atoms with Crippen LogP contribution in [0.5, 0.6) is 11.5 Å². The molecule has 1 aromatic heterocycles. The summed E-state index contributed by atoms with van der Waals surface area (Å²) in [6, 6.07) is 8.65. The van der Waals surface area contributed by atoms with E-state index in [2.05, 4.69) is 0 Å². The van der Waals surface area contributed by atoms with Crippen molar-refractivity contribution >= 4 is 5.91 Å². The monoisotopic (exact) mass is 396 g/mol. The van der Waals surface area contributed by atoms with E-state index in [9.17, 15) is 22.8 Å². The van der Waals surface area contributed by atoms with Crippen molar-refractivity contribution in [3.8, 4) is 11.5 Å². The lowest BCUT2D eigenvalue weighted by molar-refractivity contribution is -0.139. The Balaban J connectivity index is 1.69. The van der Waals surface area contributed by atoms with E-state index in [1.165, 1.54) is 4.90 Å². The number of para-hydroxylation sites is 2. The molecule has 0 spiro atoms. The van der Waals surface area contributed by atoms with Gasteiger partial charge in [0.15, 0.2) is 17.6 Å². The lowest BCUT2D eigenvalue weighted by atomic mass is 10.2. The molecule has 1 atom stereocenters. The second kappa shape index (κ2) is 7.95. The summed E-state index contributed by atoms with van der Waals surface area (Å²) >= 11 is 0. The summed E-state index contributed by atoms with van der Waals surface area (Å²) in [5.41, 5.74) is -1.66. The largest absolute Gasteiger partial charge is 0.486 e. The Kier molecular flexibility index (Phi) is 5.62. The Morgan fingerprint density at radius 1 is 1.21 bits per heavy atom. The molecular weight excluding hydrogens is 377 g/mol. The maximum absolute atomic E-state index is 12.9. The van der Waals surface area contributed by atoms with Crippen molar-refractivity contribution < 1.29 is 27.4 Å². The number of hydrogen-bond donors (Lipinski definition) is 0. The van der Waals surface area contributed by atoms with Gasteiger partial charge in [0.1, 0.15) is 13.2 Å². The van der Waals surface area contributed by atoms with Gasteiger partial charge in [0.05, 0.1) is 12.1 Å². The quantitative estimate of drug-likeness (QED) is 0.780. The maximum atomic E-state index is 12.9. The molecule has 0 saturated heterocycles. The fourth-order valence-corrected chi connectivity index (χ4v) is 2.87. The molecule has 150 valence electrons. The van der Waals surface area contributed by atoms with Crippen molar-refractivity contribution in [2.45, 2.75) is 25.7 Å². The molecule has 2 aromatic rings. The first-order valence-corrected chi connectivity index (χ1v) is 8.72. The van der Waals surface area contributed by atoms with E-state index in [0.29, 0.717) is 30.3 Å². The third-order valence-corrected chi connectivity index (χ3v) is 4.34. The highest BCUT2D eigenvalue weighted by Crippen LogP contribution is 2.31. The van der Waals surface area contributed by atoms with Crippen molar-refractivity contribution in [2.75, 3.05) is 19.7 Å². The van der Waals surface area contributed by atoms with E-state index in [0.717, 1.165) is 10.6 Å². The fourth-order valence-electron chi connectivity index (χ4n) is 2.87. The van der Waals surface area contributed by atoms with Gasteiger partial charge in [-0.1, -0.05) is 12.1 Å². The smallest absolute Gasteiger partial charge is 0.417 e. The lowest BCUT2D eigenvalue weighted by Crippen LogP contribution is -2.45.